The molecule has 2 aromatic rings. The lowest BCUT2D eigenvalue weighted by atomic mass is 10.1. The van der Waals surface area contributed by atoms with E-state index in [0.717, 1.165) is 56.9 Å². The third-order valence-corrected chi connectivity index (χ3v) is 5.01. The van der Waals surface area contributed by atoms with Crippen LogP contribution in [0.5, 0.6) is 0 Å². The van der Waals surface area contributed by atoms with Crippen LogP contribution in [0.3, 0.4) is 0 Å². The van der Waals surface area contributed by atoms with Gasteiger partial charge in [-0.15, -0.1) is 24.0 Å². The second kappa shape index (κ2) is 14.0. The molecule has 2 N–H and O–H groups in total. The number of morpholine rings is 1. The van der Waals surface area contributed by atoms with Crippen LogP contribution in [0.2, 0.25) is 0 Å². The lowest BCUT2D eigenvalue weighted by Gasteiger charge is -2.26. The summed E-state index contributed by atoms with van der Waals surface area (Å²) in [6.45, 7) is 6.05. The van der Waals surface area contributed by atoms with E-state index >= 15 is 0 Å². The highest BCUT2D eigenvalue weighted by Crippen LogP contribution is 2.12. The second-order valence-corrected chi connectivity index (χ2v) is 7.27. The van der Waals surface area contributed by atoms with E-state index in [2.05, 4.69) is 20.5 Å². The normalized spacial score (nSPS) is 14.5. The fourth-order valence-electron chi connectivity index (χ4n) is 3.20. The van der Waals surface area contributed by atoms with Gasteiger partial charge in [0.05, 0.1) is 24.7 Å². The Kier molecular flexibility index (Phi) is 11.3. The van der Waals surface area contributed by atoms with Crippen molar-refractivity contribution in [3.8, 4) is 0 Å². The Labute approximate surface area is 204 Å². The lowest BCUT2D eigenvalue weighted by molar-refractivity contribution is -0.384. The van der Waals surface area contributed by atoms with E-state index in [1.165, 1.54) is 24.3 Å². The molecule has 174 valence electrons. The number of hydrogen-bond acceptors (Lipinski definition) is 5. The van der Waals surface area contributed by atoms with Crippen molar-refractivity contribution in [2.75, 3.05) is 45.9 Å². The van der Waals surface area contributed by atoms with Crippen LogP contribution in [0.25, 0.3) is 0 Å². The molecule has 0 aliphatic carbocycles. The quantitative estimate of drug-likeness (QED) is 0.162. The summed E-state index contributed by atoms with van der Waals surface area (Å²) in [6.07, 6.45) is 0.738. The Morgan fingerprint density at radius 3 is 2.31 bits per heavy atom. The van der Waals surface area contributed by atoms with Crippen molar-refractivity contribution in [3.63, 3.8) is 0 Å². The van der Waals surface area contributed by atoms with Crippen LogP contribution in [0, 0.1) is 15.9 Å². The molecule has 8 nitrogen and oxygen atoms in total. The Bertz CT molecular complexity index is 859. The number of hydrogen-bond donors (Lipinski definition) is 2. The zero-order chi connectivity index (χ0) is 21.9. The summed E-state index contributed by atoms with van der Waals surface area (Å²) in [5.41, 5.74) is 1.99. The predicted octanol–water partition coefficient (Wildman–Crippen LogP) is 2.96. The summed E-state index contributed by atoms with van der Waals surface area (Å²) in [5, 5.41) is 17.5. The molecule has 0 atom stereocenters. The number of guanidine groups is 1. The van der Waals surface area contributed by atoms with E-state index in [1.54, 1.807) is 24.3 Å². The number of nitro groups is 1. The van der Waals surface area contributed by atoms with Gasteiger partial charge in [-0.2, -0.15) is 0 Å². The molecule has 0 radical (unpaired) electrons. The van der Waals surface area contributed by atoms with Gasteiger partial charge < -0.3 is 15.4 Å². The second-order valence-electron chi connectivity index (χ2n) is 7.27. The molecule has 10 heteroatoms. The Hall–Kier alpha value is -2.31. The molecule has 0 amide bonds. The first kappa shape index (κ1) is 25.9. The van der Waals surface area contributed by atoms with Gasteiger partial charge >= 0.3 is 0 Å². The topological polar surface area (TPSA) is 92.0 Å². The van der Waals surface area contributed by atoms with Crippen LogP contribution in [0.15, 0.2) is 53.5 Å². The number of ether oxygens (including phenoxy) is 1. The highest BCUT2D eigenvalue weighted by molar-refractivity contribution is 14.0. The molecule has 2 aromatic carbocycles. The first-order valence-corrected chi connectivity index (χ1v) is 10.4. The average molecular weight is 557 g/mol. The van der Waals surface area contributed by atoms with Crippen molar-refractivity contribution in [1.29, 1.82) is 0 Å². The third-order valence-electron chi connectivity index (χ3n) is 5.01. The van der Waals surface area contributed by atoms with Gasteiger partial charge in [-0.3, -0.25) is 15.0 Å². The number of benzene rings is 2. The molecule has 0 saturated carbocycles. The predicted molar refractivity (Wildman–Crippen MR) is 133 cm³/mol. The maximum absolute atomic E-state index is 13.1. The number of halogens is 2. The third kappa shape index (κ3) is 9.05. The molecule has 1 aliphatic rings. The van der Waals surface area contributed by atoms with Crippen molar-refractivity contribution >= 4 is 35.6 Å². The lowest BCUT2D eigenvalue weighted by Crippen LogP contribution is -2.44. The molecule has 0 unspecified atom stereocenters. The summed E-state index contributed by atoms with van der Waals surface area (Å²) in [6, 6.07) is 12.9. The van der Waals surface area contributed by atoms with Crippen molar-refractivity contribution in [1.82, 2.24) is 15.5 Å². The molecule has 0 aromatic heterocycles. The van der Waals surface area contributed by atoms with Crippen LogP contribution in [-0.4, -0.2) is 61.7 Å². The van der Waals surface area contributed by atoms with Gasteiger partial charge in [0.15, 0.2) is 5.96 Å². The Morgan fingerprint density at radius 2 is 1.66 bits per heavy atom. The van der Waals surface area contributed by atoms with Crippen LogP contribution in [0.1, 0.15) is 11.1 Å². The fourth-order valence-corrected chi connectivity index (χ4v) is 3.20. The number of nitrogens with one attached hydrogen (secondary N) is 2. The number of non-ortho nitro benzene ring substituents is 1. The molecule has 1 heterocycles. The minimum atomic E-state index is -0.414. The highest BCUT2D eigenvalue weighted by atomic mass is 127. The molecule has 1 fully saturated rings. The molecule has 1 saturated heterocycles. The summed E-state index contributed by atoms with van der Waals surface area (Å²) in [7, 11) is 0. The molecule has 32 heavy (non-hydrogen) atoms. The summed E-state index contributed by atoms with van der Waals surface area (Å²) < 4.78 is 18.4. The zero-order valence-electron chi connectivity index (χ0n) is 17.8. The average Bonchev–Trinajstić information content (AvgIpc) is 2.79. The maximum atomic E-state index is 13.1. The van der Waals surface area contributed by atoms with Gasteiger partial charge in [-0.25, -0.2) is 9.38 Å². The van der Waals surface area contributed by atoms with Gasteiger partial charge in [0.25, 0.3) is 5.69 Å². The van der Waals surface area contributed by atoms with Gasteiger partial charge in [0, 0.05) is 44.9 Å². The summed E-state index contributed by atoms with van der Waals surface area (Å²) in [4.78, 5) is 17.3. The van der Waals surface area contributed by atoms with Crippen molar-refractivity contribution < 1.29 is 14.1 Å². The summed E-state index contributed by atoms with van der Waals surface area (Å²) >= 11 is 0. The van der Waals surface area contributed by atoms with E-state index in [-0.39, 0.29) is 35.5 Å². The zero-order valence-corrected chi connectivity index (χ0v) is 20.2. The number of nitro benzene ring substituents is 1. The largest absolute Gasteiger partial charge is 0.379 e. The molecule has 3 rings (SSSR count). The number of aliphatic imine (C=N–C) groups is 1. The Balaban J connectivity index is 0.00000363. The van der Waals surface area contributed by atoms with Crippen molar-refractivity contribution in [3.05, 3.63) is 75.6 Å². The van der Waals surface area contributed by atoms with E-state index in [0.29, 0.717) is 19.0 Å². The van der Waals surface area contributed by atoms with Crippen molar-refractivity contribution in [2.24, 2.45) is 4.99 Å². The van der Waals surface area contributed by atoms with Crippen molar-refractivity contribution in [2.45, 2.75) is 13.0 Å². The summed E-state index contributed by atoms with van der Waals surface area (Å²) in [5.74, 6) is 0.431. The standard InChI is InChI=1S/C22H28FN5O3.HI/c23-20-5-1-18(2-6-20)9-10-24-22(25-11-12-27-13-15-31-16-14-27)26-17-19-3-7-21(8-4-19)28(29)30;/h1-8H,9-17H2,(H2,24,25,26);1H. The van der Waals surface area contributed by atoms with Gasteiger partial charge in [-0.1, -0.05) is 24.3 Å². The molecule has 1 aliphatic heterocycles. The maximum Gasteiger partial charge on any atom is 0.269 e. The minimum Gasteiger partial charge on any atom is -0.379 e. The van der Waals surface area contributed by atoms with Gasteiger partial charge in [0.1, 0.15) is 5.82 Å². The van der Waals surface area contributed by atoms with Crippen LogP contribution >= 0.6 is 24.0 Å². The van der Waals surface area contributed by atoms with Crippen LogP contribution < -0.4 is 10.6 Å². The van der Waals surface area contributed by atoms with Gasteiger partial charge in [-0.05, 0) is 29.7 Å². The van der Waals surface area contributed by atoms with E-state index in [4.69, 9.17) is 4.74 Å². The molecule has 0 bridgehead atoms. The van der Waals surface area contributed by atoms with Crippen LogP contribution in [-0.2, 0) is 17.7 Å². The SMILES string of the molecule is I.O=[N+]([O-])c1ccc(CN=C(NCCc2ccc(F)cc2)NCCN2CCOCC2)cc1. The first-order valence-electron chi connectivity index (χ1n) is 10.4. The van der Waals surface area contributed by atoms with Gasteiger partial charge in [0.2, 0.25) is 0 Å². The highest BCUT2D eigenvalue weighted by Gasteiger charge is 2.10. The van der Waals surface area contributed by atoms with E-state index in [9.17, 15) is 14.5 Å². The number of rotatable bonds is 9. The molecular formula is C22H29FIN5O3. The van der Waals surface area contributed by atoms with E-state index < -0.39 is 4.92 Å². The molecular weight excluding hydrogens is 528 g/mol. The molecule has 0 spiro atoms. The van der Waals surface area contributed by atoms with Crippen LogP contribution in [0.4, 0.5) is 10.1 Å². The minimum absolute atomic E-state index is 0. The first-order chi connectivity index (χ1) is 15.1. The monoisotopic (exact) mass is 557 g/mol. The van der Waals surface area contributed by atoms with E-state index in [1.807, 2.05) is 0 Å². The number of nitrogens with zero attached hydrogens (tertiary/aromatic N) is 3. The Morgan fingerprint density at radius 1 is 1.03 bits per heavy atom. The fraction of sp³-hybridized carbons (Fsp3) is 0.409. The smallest absolute Gasteiger partial charge is 0.269 e.